The van der Waals surface area contributed by atoms with E-state index < -0.39 is 0 Å². The number of hydrogen-bond donors (Lipinski definition) is 0. The molecule has 53 valence electrons. The average Bonchev–Trinajstić information content (AvgIpc) is 1.95. The third-order valence-corrected chi connectivity index (χ3v) is 1.89. The van der Waals surface area contributed by atoms with Gasteiger partial charge in [-0.25, -0.2) is 10.1 Å². The lowest BCUT2D eigenvalue weighted by molar-refractivity contribution is 0.177. The zero-order valence-electron chi connectivity index (χ0n) is 4.97. The first kappa shape index (κ1) is 7.79. The van der Waals surface area contributed by atoms with Crippen molar-refractivity contribution in [1.82, 2.24) is 4.98 Å². The van der Waals surface area contributed by atoms with Crippen molar-refractivity contribution < 1.29 is 5.11 Å². The molecule has 2 nitrogen and oxygen atoms in total. The standard InChI is InChI=1S/C6H4Cl2NO/c7-5-4(3-10)1-2-9-6(5)8/h1-2H,3H2. The summed E-state index contributed by atoms with van der Waals surface area (Å²) in [5.74, 6) is 0. The van der Waals surface area contributed by atoms with Crippen LogP contribution in [0.1, 0.15) is 5.56 Å². The van der Waals surface area contributed by atoms with Gasteiger partial charge in [0.05, 0.1) is 5.02 Å². The Morgan fingerprint density at radius 2 is 2.20 bits per heavy atom. The fourth-order valence-corrected chi connectivity index (χ4v) is 0.911. The summed E-state index contributed by atoms with van der Waals surface area (Å²) in [6.45, 7) is -0.360. The van der Waals surface area contributed by atoms with E-state index in [0.29, 0.717) is 5.56 Å². The molecule has 0 N–H and O–H groups in total. The monoisotopic (exact) mass is 176 g/mol. The van der Waals surface area contributed by atoms with Gasteiger partial charge in [0.2, 0.25) is 0 Å². The number of halogens is 2. The Morgan fingerprint density at radius 3 is 2.70 bits per heavy atom. The minimum atomic E-state index is -0.360. The molecule has 1 radical (unpaired) electrons. The van der Waals surface area contributed by atoms with Gasteiger partial charge in [-0.05, 0) is 6.07 Å². The topological polar surface area (TPSA) is 32.8 Å². The summed E-state index contributed by atoms with van der Waals surface area (Å²) >= 11 is 11.1. The summed E-state index contributed by atoms with van der Waals surface area (Å²) in [7, 11) is 0. The molecule has 1 aromatic heterocycles. The van der Waals surface area contributed by atoms with Crippen molar-refractivity contribution in [3.8, 4) is 0 Å². The van der Waals surface area contributed by atoms with Gasteiger partial charge in [-0.2, -0.15) is 0 Å². The molecule has 4 heteroatoms. The second-order valence-electron chi connectivity index (χ2n) is 1.72. The quantitative estimate of drug-likeness (QED) is 0.605. The van der Waals surface area contributed by atoms with Crippen LogP contribution in [0.2, 0.25) is 10.2 Å². The van der Waals surface area contributed by atoms with Crippen molar-refractivity contribution in [3.05, 3.63) is 28.0 Å². The predicted molar refractivity (Wildman–Crippen MR) is 38.6 cm³/mol. The minimum absolute atomic E-state index is 0.190. The second kappa shape index (κ2) is 3.19. The maximum Gasteiger partial charge on any atom is 0.147 e. The second-order valence-corrected chi connectivity index (χ2v) is 2.46. The van der Waals surface area contributed by atoms with Gasteiger partial charge in [0, 0.05) is 11.8 Å². The third kappa shape index (κ3) is 1.40. The molecule has 1 rings (SSSR count). The molecule has 0 aliphatic rings. The molecule has 1 heterocycles. The van der Waals surface area contributed by atoms with Gasteiger partial charge in [0.1, 0.15) is 11.8 Å². The van der Waals surface area contributed by atoms with Crippen LogP contribution in [0, 0.1) is 0 Å². The van der Waals surface area contributed by atoms with Crippen LogP contribution in [0.4, 0.5) is 0 Å². The van der Waals surface area contributed by atoms with Gasteiger partial charge >= 0.3 is 0 Å². The Bertz CT molecular complexity index is 239. The molecular formula is C6H4Cl2NO. The highest BCUT2D eigenvalue weighted by molar-refractivity contribution is 6.41. The smallest absolute Gasteiger partial charge is 0.147 e. The highest BCUT2D eigenvalue weighted by Crippen LogP contribution is 2.22. The van der Waals surface area contributed by atoms with Gasteiger partial charge in [-0.3, -0.25) is 0 Å². The van der Waals surface area contributed by atoms with Crippen LogP contribution in [0.25, 0.3) is 0 Å². The van der Waals surface area contributed by atoms with Crippen LogP contribution in [0.3, 0.4) is 0 Å². The van der Waals surface area contributed by atoms with E-state index in [2.05, 4.69) is 4.98 Å². The van der Waals surface area contributed by atoms with E-state index in [4.69, 9.17) is 23.2 Å². The number of hydrogen-bond acceptors (Lipinski definition) is 1. The Kier molecular flexibility index (Phi) is 2.49. The Balaban J connectivity index is 3.14. The van der Waals surface area contributed by atoms with Crippen molar-refractivity contribution in [2.45, 2.75) is 6.61 Å². The van der Waals surface area contributed by atoms with E-state index >= 15 is 0 Å². The fourth-order valence-electron chi connectivity index (χ4n) is 0.566. The summed E-state index contributed by atoms with van der Waals surface area (Å²) in [5.41, 5.74) is 0.488. The largest absolute Gasteiger partial charge is 0.243 e. The Morgan fingerprint density at radius 1 is 1.50 bits per heavy atom. The number of nitrogens with zero attached hydrogens (tertiary/aromatic N) is 1. The summed E-state index contributed by atoms with van der Waals surface area (Å²) in [4.78, 5) is 3.68. The summed E-state index contributed by atoms with van der Waals surface area (Å²) in [6.07, 6.45) is 1.46. The molecule has 0 atom stereocenters. The molecular weight excluding hydrogens is 173 g/mol. The summed E-state index contributed by atoms with van der Waals surface area (Å²) < 4.78 is 0. The zero-order valence-corrected chi connectivity index (χ0v) is 6.49. The average molecular weight is 177 g/mol. The molecule has 0 fully saturated rings. The predicted octanol–water partition coefficient (Wildman–Crippen LogP) is 2.32. The first-order valence-corrected chi connectivity index (χ1v) is 3.38. The van der Waals surface area contributed by atoms with Crippen molar-refractivity contribution in [2.75, 3.05) is 0 Å². The van der Waals surface area contributed by atoms with E-state index in [1.807, 2.05) is 0 Å². The van der Waals surface area contributed by atoms with Crippen molar-refractivity contribution in [1.29, 1.82) is 0 Å². The van der Waals surface area contributed by atoms with Crippen molar-refractivity contribution >= 4 is 23.2 Å². The molecule has 1 aromatic rings. The molecule has 0 saturated carbocycles. The van der Waals surface area contributed by atoms with Gasteiger partial charge in [-0.1, -0.05) is 23.2 Å². The first-order chi connectivity index (χ1) is 4.75. The molecule has 10 heavy (non-hydrogen) atoms. The molecule has 0 aromatic carbocycles. The lowest BCUT2D eigenvalue weighted by Crippen LogP contribution is -1.85. The van der Waals surface area contributed by atoms with E-state index in [9.17, 15) is 5.11 Å². The molecule has 0 saturated heterocycles. The molecule has 0 unspecified atom stereocenters. The number of rotatable bonds is 1. The number of aromatic nitrogens is 1. The van der Waals surface area contributed by atoms with Crippen LogP contribution in [-0.4, -0.2) is 4.98 Å². The van der Waals surface area contributed by atoms with Gasteiger partial charge < -0.3 is 0 Å². The van der Waals surface area contributed by atoms with Crippen LogP contribution < -0.4 is 0 Å². The van der Waals surface area contributed by atoms with Crippen LogP contribution in [0.15, 0.2) is 12.3 Å². The molecule has 0 bridgehead atoms. The molecule has 0 aliphatic heterocycles. The maximum atomic E-state index is 10.3. The van der Waals surface area contributed by atoms with E-state index in [1.165, 1.54) is 6.20 Å². The summed E-state index contributed by atoms with van der Waals surface area (Å²) in [6, 6.07) is 1.56. The van der Waals surface area contributed by atoms with E-state index in [0.717, 1.165) is 0 Å². The molecule has 0 aliphatic carbocycles. The fraction of sp³-hybridized carbons (Fsp3) is 0.167. The lowest BCUT2D eigenvalue weighted by atomic mass is 10.3. The van der Waals surface area contributed by atoms with Gasteiger partial charge in [-0.15, -0.1) is 0 Å². The summed E-state index contributed by atoms with van der Waals surface area (Å²) in [5, 5.41) is 10.8. The highest BCUT2D eigenvalue weighted by atomic mass is 35.5. The Hall–Kier alpha value is -0.310. The molecule has 0 spiro atoms. The Labute approximate surface area is 68.4 Å². The molecule has 0 amide bonds. The van der Waals surface area contributed by atoms with E-state index in [1.54, 1.807) is 6.07 Å². The van der Waals surface area contributed by atoms with Gasteiger partial charge in [0.15, 0.2) is 0 Å². The lowest BCUT2D eigenvalue weighted by Gasteiger charge is -1.97. The normalized spacial score (nSPS) is 9.90. The van der Waals surface area contributed by atoms with Crippen molar-refractivity contribution in [3.63, 3.8) is 0 Å². The zero-order chi connectivity index (χ0) is 7.56. The number of pyridine rings is 1. The SMILES string of the molecule is [O]Cc1ccnc(Cl)c1Cl. The first-order valence-electron chi connectivity index (χ1n) is 2.62. The minimum Gasteiger partial charge on any atom is -0.243 e. The maximum absolute atomic E-state index is 10.3. The van der Waals surface area contributed by atoms with E-state index in [-0.39, 0.29) is 16.8 Å². The van der Waals surface area contributed by atoms with Crippen LogP contribution in [-0.2, 0) is 11.7 Å². The third-order valence-electron chi connectivity index (χ3n) is 1.08. The van der Waals surface area contributed by atoms with Crippen molar-refractivity contribution in [2.24, 2.45) is 0 Å². The highest BCUT2D eigenvalue weighted by Gasteiger charge is 2.03. The van der Waals surface area contributed by atoms with Crippen LogP contribution in [0.5, 0.6) is 0 Å². The van der Waals surface area contributed by atoms with Gasteiger partial charge in [0.25, 0.3) is 0 Å². The van der Waals surface area contributed by atoms with Crippen LogP contribution >= 0.6 is 23.2 Å².